The second-order valence-corrected chi connectivity index (χ2v) is 4.00. The predicted octanol–water partition coefficient (Wildman–Crippen LogP) is 3.45. The summed E-state index contributed by atoms with van der Waals surface area (Å²) in [4.78, 5) is 0. The number of hydrogen-bond acceptors (Lipinski definition) is 2. The molecule has 0 unspecified atom stereocenters. The first-order valence-electron chi connectivity index (χ1n) is 5.43. The molecule has 88 valence electrons. The smallest absolute Gasteiger partial charge is 0.125 e. The predicted molar refractivity (Wildman–Crippen MR) is 66.6 cm³/mol. The Morgan fingerprint density at radius 3 is 2.76 bits per heavy atom. The van der Waals surface area contributed by atoms with Crippen molar-refractivity contribution in [3.05, 3.63) is 59.4 Å². The van der Waals surface area contributed by atoms with E-state index in [1.165, 1.54) is 12.1 Å². The average molecular weight is 231 g/mol. The Balaban J connectivity index is 2.09. The summed E-state index contributed by atoms with van der Waals surface area (Å²) in [6.45, 7) is 2.43. The molecule has 0 heterocycles. The van der Waals surface area contributed by atoms with Crippen molar-refractivity contribution < 1.29 is 9.50 Å². The SMILES string of the molecule is Cc1ccc(O)c(CNc2cccc(F)c2)c1. The van der Waals surface area contributed by atoms with E-state index in [1.807, 2.05) is 19.1 Å². The van der Waals surface area contributed by atoms with Crippen LogP contribution in [0.5, 0.6) is 5.75 Å². The highest BCUT2D eigenvalue weighted by atomic mass is 19.1. The largest absolute Gasteiger partial charge is 0.508 e. The Hall–Kier alpha value is -2.03. The van der Waals surface area contributed by atoms with Crippen LogP contribution >= 0.6 is 0 Å². The van der Waals surface area contributed by atoms with Gasteiger partial charge in [0.05, 0.1) is 0 Å². The van der Waals surface area contributed by atoms with Crippen LogP contribution in [0.3, 0.4) is 0 Å². The maximum Gasteiger partial charge on any atom is 0.125 e. The lowest BCUT2D eigenvalue weighted by atomic mass is 10.1. The molecular weight excluding hydrogens is 217 g/mol. The van der Waals surface area contributed by atoms with Gasteiger partial charge in [0.2, 0.25) is 0 Å². The van der Waals surface area contributed by atoms with Crippen LogP contribution in [-0.2, 0) is 6.54 Å². The van der Waals surface area contributed by atoms with E-state index in [1.54, 1.807) is 18.2 Å². The summed E-state index contributed by atoms with van der Waals surface area (Å²) in [5, 5.41) is 12.7. The number of benzene rings is 2. The number of hydrogen-bond donors (Lipinski definition) is 2. The van der Waals surface area contributed by atoms with Crippen molar-refractivity contribution in [1.82, 2.24) is 0 Å². The van der Waals surface area contributed by atoms with Crippen LogP contribution < -0.4 is 5.32 Å². The quantitative estimate of drug-likeness (QED) is 0.848. The Morgan fingerprint density at radius 1 is 1.18 bits per heavy atom. The van der Waals surface area contributed by atoms with Crippen molar-refractivity contribution in [2.45, 2.75) is 13.5 Å². The zero-order valence-corrected chi connectivity index (χ0v) is 9.57. The summed E-state index contributed by atoms with van der Waals surface area (Å²) in [6, 6.07) is 11.7. The van der Waals surface area contributed by atoms with Gasteiger partial charge in [-0.05, 0) is 31.2 Å². The Labute approximate surface area is 99.7 Å². The lowest BCUT2D eigenvalue weighted by Gasteiger charge is -2.09. The molecule has 2 aromatic rings. The number of rotatable bonds is 3. The van der Waals surface area contributed by atoms with Gasteiger partial charge in [-0.3, -0.25) is 0 Å². The molecule has 0 bridgehead atoms. The number of phenolic OH excluding ortho intramolecular Hbond substituents is 1. The summed E-state index contributed by atoms with van der Waals surface area (Å²) < 4.78 is 12.9. The summed E-state index contributed by atoms with van der Waals surface area (Å²) in [5.74, 6) is -0.0250. The molecule has 2 N–H and O–H groups in total. The number of aromatic hydroxyl groups is 1. The van der Waals surface area contributed by atoms with Crippen molar-refractivity contribution in [2.75, 3.05) is 5.32 Å². The standard InChI is InChI=1S/C14H14FNO/c1-10-5-6-14(17)11(7-10)9-16-13-4-2-3-12(15)8-13/h2-8,16-17H,9H2,1H3. The summed E-state index contributed by atoms with van der Waals surface area (Å²) >= 11 is 0. The molecule has 0 fully saturated rings. The lowest BCUT2D eigenvalue weighted by molar-refractivity contribution is 0.469. The minimum absolute atomic E-state index is 0.250. The summed E-state index contributed by atoms with van der Waals surface area (Å²) in [7, 11) is 0. The summed E-state index contributed by atoms with van der Waals surface area (Å²) in [5.41, 5.74) is 2.58. The molecule has 17 heavy (non-hydrogen) atoms. The fourth-order valence-electron chi connectivity index (χ4n) is 1.65. The molecule has 0 radical (unpaired) electrons. The van der Waals surface area contributed by atoms with Gasteiger partial charge in [-0.1, -0.05) is 23.8 Å². The molecule has 0 spiro atoms. The molecule has 0 aliphatic rings. The minimum Gasteiger partial charge on any atom is -0.508 e. The van der Waals surface area contributed by atoms with Crippen LogP contribution in [0.15, 0.2) is 42.5 Å². The van der Waals surface area contributed by atoms with Gasteiger partial charge in [0, 0.05) is 17.8 Å². The average Bonchev–Trinajstić information content (AvgIpc) is 2.30. The first-order valence-corrected chi connectivity index (χ1v) is 5.43. The van der Waals surface area contributed by atoms with Gasteiger partial charge in [-0.15, -0.1) is 0 Å². The molecule has 3 heteroatoms. The molecule has 2 aromatic carbocycles. The lowest BCUT2D eigenvalue weighted by Crippen LogP contribution is -2.00. The highest BCUT2D eigenvalue weighted by Crippen LogP contribution is 2.19. The fourth-order valence-corrected chi connectivity index (χ4v) is 1.65. The third-order valence-corrected chi connectivity index (χ3v) is 2.54. The highest BCUT2D eigenvalue weighted by molar-refractivity contribution is 5.45. The maximum absolute atomic E-state index is 12.9. The molecule has 0 atom stereocenters. The monoisotopic (exact) mass is 231 g/mol. The first-order chi connectivity index (χ1) is 8.15. The molecular formula is C14H14FNO. The van der Waals surface area contributed by atoms with Crippen LogP contribution in [0, 0.1) is 12.7 Å². The van der Waals surface area contributed by atoms with E-state index in [2.05, 4.69) is 5.32 Å². The highest BCUT2D eigenvalue weighted by Gasteiger charge is 2.01. The minimum atomic E-state index is -0.275. The molecule has 0 amide bonds. The Morgan fingerprint density at radius 2 is 2.00 bits per heavy atom. The molecule has 0 saturated carbocycles. The van der Waals surface area contributed by atoms with Gasteiger partial charge < -0.3 is 10.4 Å². The zero-order valence-electron chi connectivity index (χ0n) is 9.57. The number of anilines is 1. The fraction of sp³-hybridized carbons (Fsp3) is 0.143. The van der Waals surface area contributed by atoms with Crippen LogP contribution in [0.1, 0.15) is 11.1 Å². The normalized spacial score (nSPS) is 10.2. The molecule has 2 rings (SSSR count). The van der Waals surface area contributed by atoms with E-state index < -0.39 is 0 Å². The third-order valence-electron chi connectivity index (χ3n) is 2.54. The Bertz CT molecular complexity index is 525. The molecule has 0 aromatic heterocycles. The van der Waals surface area contributed by atoms with Crippen molar-refractivity contribution in [3.63, 3.8) is 0 Å². The number of phenols is 1. The van der Waals surface area contributed by atoms with Crippen LogP contribution in [0.2, 0.25) is 0 Å². The van der Waals surface area contributed by atoms with E-state index in [0.717, 1.165) is 11.1 Å². The van der Waals surface area contributed by atoms with Crippen molar-refractivity contribution >= 4 is 5.69 Å². The van der Waals surface area contributed by atoms with Crippen LogP contribution in [0.25, 0.3) is 0 Å². The van der Waals surface area contributed by atoms with E-state index in [-0.39, 0.29) is 11.6 Å². The topological polar surface area (TPSA) is 32.3 Å². The van der Waals surface area contributed by atoms with E-state index in [0.29, 0.717) is 12.2 Å². The van der Waals surface area contributed by atoms with E-state index >= 15 is 0 Å². The van der Waals surface area contributed by atoms with Crippen LogP contribution in [-0.4, -0.2) is 5.11 Å². The Kier molecular flexibility index (Phi) is 3.28. The van der Waals surface area contributed by atoms with Crippen molar-refractivity contribution in [1.29, 1.82) is 0 Å². The molecule has 0 saturated heterocycles. The second kappa shape index (κ2) is 4.87. The third kappa shape index (κ3) is 2.97. The molecule has 0 aliphatic carbocycles. The molecule has 2 nitrogen and oxygen atoms in total. The van der Waals surface area contributed by atoms with E-state index in [4.69, 9.17) is 0 Å². The summed E-state index contributed by atoms with van der Waals surface area (Å²) in [6.07, 6.45) is 0. The number of aryl methyl sites for hydroxylation is 1. The zero-order chi connectivity index (χ0) is 12.3. The van der Waals surface area contributed by atoms with Gasteiger partial charge in [0.15, 0.2) is 0 Å². The number of nitrogens with one attached hydrogen (secondary N) is 1. The van der Waals surface area contributed by atoms with Crippen molar-refractivity contribution in [3.8, 4) is 5.75 Å². The van der Waals surface area contributed by atoms with Crippen LogP contribution in [0.4, 0.5) is 10.1 Å². The first kappa shape index (κ1) is 11.5. The van der Waals surface area contributed by atoms with Gasteiger partial charge in [-0.25, -0.2) is 4.39 Å². The van der Waals surface area contributed by atoms with Gasteiger partial charge >= 0.3 is 0 Å². The van der Waals surface area contributed by atoms with Gasteiger partial charge in [0.1, 0.15) is 11.6 Å². The van der Waals surface area contributed by atoms with Gasteiger partial charge in [-0.2, -0.15) is 0 Å². The second-order valence-electron chi connectivity index (χ2n) is 4.00. The number of halogens is 1. The van der Waals surface area contributed by atoms with Gasteiger partial charge in [0.25, 0.3) is 0 Å². The molecule has 0 aliphatic heterocycles. The maximum atomic E-state index is 12.9. The van der Waals surface area contributed by atoms with Crippen molar-refractivity contribution in [2.24, 2.45) is 0 Å². The van der Waals surface area contributed by atoms with E-state index in [9.17, 15) is 9.50 Å².